The Balaban J connectivity index is 0.00000225. The molecule has 1 aromatic heterocycles. The van der Waals surface area contributed by atoms with Crippen molar-refractivity contribution in [2.75, 3.05) is 13.1 Å². The van der Waals surface area contributed by atoms with Crippen LogP contribution in [0.15, 0.2) is 0 Å². The molecule has 2 atom stereocenters. The molecule has 0 aromatic carbocycles. The van der Waals surface area contributed by atoms with Gasteiger partial charge in [0.1, 0.15) is 0 Å². The first-order valence-electron chi connectivity index (χ1n) is 9.64. The maximum Gasteiger partial charge on any atom is 0.273 e. The summed E-state index contributed by atoms with van der Waals surface area (Å²) >= 11 is 0. The molecule has 25 heavy (non-hydrogen) atoms. The number of nitrogens with one attached hydrogen (secondary N) is 2. The van der Waals surface area contributed by atoms with Gasteiger partial charge in [0.15, 0.2) is 5.69 Å². The van der Waals surface area contributed by atoms with Gasteiger partial charge in [-0.1, -0.05) is 31.4 Å². The van der Waals surface area contributed by atoms with Crippen molar-refractivity contribution in [3.63, 3.8) is 0 Å². The number of rotatable bonds is 6. The first kappa shape index (κ1) is 20.2. The average molecular weight is 370 g/mol. The third-order valence-corrected chi connectivity index (χ3v) is 5.70. The van der Waals surface area contributed by atoms with E-state index in [4.69, 9.17) is 0 Å². The Kier molecular flexibility index (Phi) is 7.69. The summed E-state index contributed by atoms with van der Waals surface area (Å²) in [5.41, 5.74) is 1.41. The van der Waals surface area contributed by atoms with Crippen LogP contribution in [0.4, 0.5) is 0 Å². The van der Waals surface area contributed by atoms with Crippen molar-refractivity contribution in [3.05, 3.63) is 11.4 Å². The van der Waals surface area contributed by atoms with E-state index in [9.17, 15) is 4.79 Å². The largest absolute Gasteiger partial charge is 0.348 e. The van der Waals surface area contributed by atoms with Gasteiger partial charge in [-0.15, -0.1) is 17.5 Å². The summed E-state index contributed by atoms with van der Waals surface area (Å²) in [6.45, 7) is 6.21. The van der Waals surface area contributed by atoms with Gasteiger partial charge >= 0.3 is 0 Å². The van der Waals surface area contributed by atoms with Gasteiger partial charge in [-0.3, -0.25) is 4.79 Å². The van der Waals surface area contributed by atoms with E-state index in [0.717, 1.165) is 38.0 Å². The summed E-state index contributed by atoms with van der Waals surface area (Å²) in [6.07, 6.45) is 9.36. The first-order valence-corrected chi connectivity index (χ1v) is 9.64. The Morgan fingerprint density at radius 2 is 2.04 bits per heavy atom. The molecule has 1 amide bonds. The molecule has 2 unspecified atom stereocenters. The van der Waals surface area contributed by atoms with E-state index in [1.807, 2.05) is 11.6 Å². The van der Waals surface area contributed by atoms with Gasteiger partial charge in [0.25, 0.3) is 5.91 Å². The normalized spacial score (nSPS) is 24.1. The van der Waals surface area contributed by atoms with Crippen LogP contribution < -0.4 is 10.6 Å². The highest BCUT2D eigenvalue weighted by molar-refractivity contribution is 5.93. The van der Waals surface area contributed by atoms with Crippen LogP contribution in [0.1, 0.15) is 80.5 Å². The second kappa shape index (κ2) is 9.53. The van der Waals surface area contributed by atoms with E-state index in [0.29, 0.717) is 23.7 Å². The summed E-state index contributed by atoms with van der Waals surface area (Å²) < 4.78 is 1.96. The van der Waals surface area contributed by atoms with Gasteiger partial charge in [-0.2, -0.15) is 0 Å². The molecule has 1 aliphatic heterocycles. The Hall–Kier alpha value is -1.14. The van der Waals surface area contributed by atoms with Crippen LogP contribution in [0.3, 0.4) is 0 Å². The summed E-state index contributed by atoms with van der Waals surface area (Å²) in [5, 5.41) is 15.1. The Morgan fingerprint density at radius 1 is 1.28 bits per heavy atom. The molecule has 2 N–H and O–H groups in total. The van der Waals surface area contributed by atoms with Crippen molar-refractivity contribution >= 4 is 18.3 Å². The summed E-state index contributed by atoms with van der Waals surface area (Å²) in [4.78, 5) is 12.7. The molecule has 3 rings (SSSR count). The monoisotopic (exact) mass is 369 g/mol. The number of carbonyl (C=O) groups is 1. The van der Waals surface area contributed by atoms with Crippen molar-refractivity contribution in [1.29, 1.82) is 0 Å². The molecule has 1 saturated heterocycles. The lowest BCUT2D eigenvalue weighted by molar-refractivity contribution is 0.0920. The van der Waals surface area contributed by atoms with Crippen LogP contribution in [-0.4, -0.2) is 40.0 Å². The van der Waals surface area contributed by atoms with Gasteiger partial charge in [0, 0.05) is 6.04 Å². The maximum absolute atomic E-state index is 12.7. The molecule has 0 radical (unpaired) electrons. The molecule has 2 aliphatic rings. The Bertz CT molecular complexity index is 556. The van der Waals surface area contributed by atoms with Crippen LogP contribution in [-0.2, 0) is 0 Å². The Labute approximate surface area is 156 Å². The minimum Gasteiger partial charge on any atom is -0.348 e. The number of nitrogens with zero attached hydrogens (tertiary/aromatic N) is 3. The number of unbranched alkanes of at least 4 members (excludes halogenated alkanes) is 1. The van der Waals surface area contributed by atoms with Gasteiger partial charge in [0.05, 0.1) is 11.7 Å². The number of hydrogen-bond donors (Lipinski definition) is 2. The quantitative estimate of drug-likeness (QED) is 0.808. The fraction of sp³-hybridized carbons (Fsp3) is 0.833. The maximum atomic E-state index is 12.7. The Morgan fingerprint density at radius 3 is 2.76 bits per heavy atom. The number of aromatic nitrogens is 3. The molecule has 1 aromatic rings. The van der Waals surface area contributed by atoms with Crippen LogP contribution in [0.25, 0.3) is 0 Å². The molecule has 1 aliphatic carbocycles. The van der Waals surface area contributed by atoms with Gasteiger partial charge in [-0.05, 0) is 58.0 Å². The fourth-order valence-corrected chi connectivity index (χ4v) is 4.22. The van der Waals surface area contributed by atoms with Crippen molar-refractivity contribution in [2.24, 2.45) is 5.92 Å². The molecule has 142 valence electrons. The lowest BCUT2D eigenvalue weighted by Crippen LogP contribution is -2.38. The SMILES string of the molecule is CCCCC1CCCC1NC(=O)c1nnn(C2CCNCC2)c1C.Cl. The predicted molar refractivity (Wildman–Crippen MR) is 101 cm³/mol. The van der Waals surface area contributed by atoms with E-state index in [-0.39, 0.29) is 18.3 Å². The van der Waals surface area contributed by atoms with E-state index in [1.54, 1.807) is 0 Å². The topological polar surface area (TPSA) is 71.8 Å². The zero-order valence-electron chi connectivity index (χ0n) is 15.5. The van der Waals surface area contributed by atoms with Gasteiger partial charge in [-0.25, -0.2) is 4.68 Å². The highest BCUT2D eigenvalue weighted by atomic mass is 35.5. The summed E-state index contributed by atoms with van der Waals surface area (Å²) in [7, 11) is 0. The number of amides is 1. The molecular weight excluding hydrogens is 338 g/mol. The van der Waals surface area contributed by atoms with Crippen molar-refractivity contribution in [1.82, 2.24) is 25.6 Å². The molecule has 0 bridgehead atoms. The van der Waals surface area contributed by atoms with Crippen molar-refractivity contribution < 1.29 is 4.79 Å². The van der Waals surface area contributed by atoms with Crippen LogP contribution in [0, 0.1) is 12.8 Å². The number of halogens is 1. The van der Waals surface area contributed by atoms with Crippen LogP contribution in [0.2, 0.25) is 0 Å². The predicted octanol–water partition coefficient (Wildman–Crippen LogP) is 3.02. The van der Waals surface area contributed by atoms with E-state index in [2.05, 4.69) is 27.9 Å². The van der Waals surface area contributed by atoms with Crippen molar-refractivity contribution in [2.45, 2.75) is 77.3 Å². The lowest BCUT2D eigenvalue weighted by Gasteiger charge is -2.23. The van der Waals surface area contributed by atoms with Crippen LogP contribution in [0.5, 0.6) is 0 Å². The second-order valence-corrected chi connectivity index (χ2v) is 7.36. The zero-order valence-corrected chi connectivity index (χ0v) is 16.3. The minimum atomic E-state index is -0.0407. The second-order valence-electron chi connectivity index (χ2n) is 7.36. The summed E-state index contributed by atoms with van der Waals surface area (Å²) in [5.74, 6) is 0.592. The molecule has 7 heteroatoms. The molecule has 1 saturated carbocycles. The minimum absolute atomic E-state index is 0. The highest BCUT2D eigenvalue weighted by Crippen LogP contribution is 2.30. The first-order chi connectivity index (χ1) is 11.7. The highest BCUT2D eigenvalue weighted by Gasteiger charge is 2.30. The molecule has 2 heterocycles. The smallest absolute Gasteiger partial charge is 0.273 e. The lowest BCUT2D eigenvalue weighted by atomic mass is 9.96. The third-order valence-electron chi connectivity index (χ3n) is 5.70. The fourth-order valence-electron chi connectivity index (χ4n) is 4.22. The molecule has 0 spiro atoms. The van der Waals surface area contributed by atoms with Crippen molar-refractivity contribution in [3.8, 4) is 0 Å². The van der Waals surface area contributed by atoms with Crippen LogP contribution >= 0.6 is 12.4 Å². The van der Waals surface area contributed by atoms with E-state index in [1.165, 1.54) is 32.1 Å². The third kappa shape index (κ3) is 4.73. The molecule has 2 fully saturated rings. The number of carbonyl (C=O) groups excluding carboxylic acids is 1. The molecule has 6 nitrogen and oxygen atoms in total. The van der Waals surface area contributed by atoms with E-state index < -0.39 is 0 Å². The van der Waals surface area contributed by atoms with E-state index >= 15 is 0 Å². The number of piperidine rings is 1. The zero-order chi connectivity index (χ0) is 16.9. The standard InChI is InChI=1S/C18H31N5O.ClH/c1-3-4-6-14-7-5-8-16(14)20-18(24)17-13(2)23(22-21-17)15-9-11-19-12-10-15;/h14-16,19H,3-12H2,1-2H3,(H,20,24);1H. The van der Waals surface area contributed by atoms with Gasteiger partial charge < -0.3 is 10.6 Å². The summed E-state index contributed by atoms with van der Waals surface area (Å²) in [6, 6.07) is 0.677. The van der Waals surface area contributed by atoms with Gasteiger partial charge in [0.2, 0.25) is 0 Å². The molecular formula is C18H32ClN5O. The number of hydrogen-bond acceptors (Lipinski definition) is 4. The average Bonchev–Trinajstić information content (AvgIpc) is 3.20.